The molecule has 2 aromatic carbocycles. The van der Waals surface area contributed by atoms with Crippen LogP contribution in [0, 0.1) is 0 Å². The van der Waals surface area contributed by atoms with E-state index in [4.69, 9.17) is 9.15 Å². The van der Waals surface area contributed by atoms with E-state index >= 15 is 0 Å². The number of benzene rings is 2. The van der Waals surface area contributed by atoms with E-state index in [2.05, 4.69) is 0 Å². The first-order valence-electron chi connectivity index (χ1n) is 9.86. The van der Waals surface area contributed by atoms with E-state index in [1.165, 1.54) is 6.08 Å². The minimum atomic E-state index is -0.658. The van der Waals surface area contributed by atoms with Gasteiger partial charge in [-0.25, -0.2) is 4.79 Å². The Morgan fingerprint density at radius 3 is 2.53 bits per heavy atom. The molecule has 1 fully saturated rings. The molecule has 2 heterocycles. The molecule has 3 aromatic rings. The minimum Gasteiger partial charge on any atom is -0.484 e. The summed E-state index contributed by atoms with van der Waals surface area (Å²) in [5.74, 6) is 0.156. The number of hydrogen-bond donors (Lipinski definition) is 0. The normalized spacial score (nSPS) is 13.8. The molecule has 1 saturated heterocycles. The molecule has 0 saturated carbocycles. The van der Waals surface area contributed by atoms with Crippen molar-refractivity contribution >= 4 is 28.7 Å². The van der Waals surface area contributed by atoms with Crippen LogP contribution in [0.3, 0.4) is 0 Å². The molecule has 30 heavy (non-hydrogen) atoms. The Bertz CT molecular complexity index is 1150. The first kappa shape index (κ1) is 19.6. The van der Waals surface area contributed by atoms with Crippen LogP contribution in [0.5, 0.6) is 5.75 Å². The van der Waals surface area contributed by atoms with E-state index in [1.807, 2.05) is 11.0 Å². The molecule has 6 nitrogen and oxygen atoms in total. The Labute approximate surface area is 173 Å². The fourth-order valence-electron chi connectivity index (χ4n) is 3.37. The van der Waals surface area contributed by atoms with Crippen LogP contribution in [-0.4, -0.2) is 36.3 Å². The number of para-hydroxylation sites is 1. The molecule has 4 rings (SSSR count). The van der Waals surface area contributed by atoms with Crippen LogP contribution in [0.2, 0.25) is 0 Å². The largest absolute Gasteiger partial charge is 0.484 e. The van der Waals surface area contributed by atoms with Crippen molar-refractivity contribution in [3.05, 3.63) is 82.2 Å². The molecule has 6 heteroatoms. The molecular formula is C24H21NO5. The number of ketones is 1. The Balaban J connectivity index is 1.39. The maximum Gasteiger partial charge on any atom is 0.347 e. The molecule has 0 bridgehead atoms. The molecule has 0 N–H and O–H groups in total. The molecule has 0 spiro atoms. The maximum absolute atomic E-state index is 12.4. The monoisotopic (exact) mass is 403 g/mol. The zero-order valence-electron chi connectivity index (χ0n) is 16.4. The predicted octanol–water partition coefficient (Wildman–Crippen LogP) is 3.69. The summed E-state index contributed by atoms with van der Waals surface area (Å²) in [6.07, 6.45) is 5.06. The zero-order chi connectivity index (χ0) is 20.9. The highest BCUT2D eigenvalue weighted by Gasteiger charge is 2.18. The minimum absolute atomic E-state index is 0.00344. The van der Waals surface area contributed by atoms with Crippen LogP contribution in [0.25, 0.3) is 17.0 Å². The smallest absolute Gasteiger partial charge is 0.347 e. The summed E-state index contributed by atoms with van der Waals surface area (Å²) in [6, 6.07) is 15.6. The van der Waals surface area contributed by atoms with Crippen molar-refractivity contribution in [3.8, 4) is 5.75 Å². The first-order valence-corrected chi connectivity index (χ1v) is 9.86. The third kappa shape index (κ3) is 4.49. The Morgan fingerprint density at radius 2 is 1.77 bits per heavy atom. The SMILES string of the molecule is O=C(/C=C/c1ccc(OCC(=O)N2CCCC2)cc1)c1cc2ccccc2oc1=O. The number of amides is 1. The topological polar surface area (TPSA) is 76.8 Å². The van der Waals surface area contributed by atoms with Crippen molar-refractivity contribution in [1.82, 2.24) is 4.90 Å². The van der Waals surface area contributed by atoms with Crippen molar-refractivity contribution in [3.63, 3.8) is 0 Å². The average molecular weight is 403 g/mol. The third-order valence-electron chi connectivity index (χ3n) is 5.04. The molecule has 1 aliphatic rings. The van der Waals surface area contributed by atoms with E-state index in [0.717, 1.165) is 31.5 Å². The summed E-state index contributed by atoms with van der Waals surface area (Å²) in [7, 11) is 0. The number of likely N-dealkylation sites (tertiary alicyclic amines) is 1. The van der Waals surface area contributed by atoms with Crippen LogP contribution >= 0.6 is 0 Å². The zero-order valence-corrected chi connectivity index (χ0v) is 16.4. The molecule has 1 amide bonds. The summed E-state index contributed by atoms with van der Waals surface area (Å²) in [5, 5.41) is 0.693. The lowest BCUT2D eigenvalue weighted by molar-refractivity contribution is -0.132. The third-order valence-corrected chi connectivity index (χ3v) is 5.04. The van der Waals surface area contributed by atoms with Gasteiger partial charge >= 0.3 is 5.63 Å². The van der Waals surface area contributed by atoms with E-state index in [9.17, 15) is 14.4 Å². The molecule has 152 valence electrons. The van der Waals surface area contributed by atoms with Crippen LogP contribution in [0.15, 0.2) is 69.9 Å². The van der Waals surface area contributed by atoms with Crippen LogP contribution in [0.1, 0.15) is 28.8 Å². The predicted molar refractivity (Wildman–Crippen MR) is 114 cm³/mol. The van der Waals surface area contributed by atoms with Crippen LogP contribution < -0.4 is 10.4 Å². The van der Waals surface area contributed by atoms with Gasteiger partial charge in [0.1, 0.15) is 16.9 Å². The van der Waals surface area contributed by atoms with Gasteiger partial charge < -0.3 is 14.1 Å². The highest BCUT2D eigenvalue weighted by molar-refractivity contribution is 6.07. The maximum atomic E-state index is 12.4. The number of carbonyl (C=O) groups excluding carboxylic acids is 2. The highest BCUT2D eigenvalue weighted by atomic mass is 16.5. The van der Waals surface area contributed by atoms with Crippen LogP contribution in [-0.2, 0) is 4.79 Å². The van der Waals surface area contributed by atoms with E-state index in [-0.39, 0.29) is 18.1 Å². The van der Waals surface area contributed by atoms with Crippen molar-refractivity contribution in [2.75, 3.05) is 19.7 Å². The van der Waals surface area contributed by atoms with Crippen LogP contribution in [0.4, 0.5) is 0 Å². The number of nitrogens with zero attached hydrogens (tertiary/aromatic N) is 1. The number of carbonyl (C=O) groups is 2. The van der Waals surface area contributed by atoms with Gasteiger partial charge in [0.05, 0.1) is 0 Å². The second kappa shape index (κ2) is 8.78. The second-order valence-electron chi connectivity index (χ2n) is 7.13. The highest BCUT2D eigenvalue weighted by Crippen LogP contribution is 2.16. The van der Waals surface area contributed by atoms with Gasteiger partial charge in [0.2, 0.25) is 0 Å². The lowest BCUT2D eigenvalue weighted by Crippen LogP contribution is -2.32. The van der Waals surface area contributed by atoms with E-state index in [0.29, 0.717) is 16.7 Å². The number of rotatable bonds is 6. The summed E-state index contributed by atoms with van der Waals surface area (Å²) < 4.78 is 10.8. The van der Waals surface area contributed by atoms with Gasteiger partial charge in [-0.3, -0.25) is 9.59 Å². The molecule has 1 aromatic heterocycles. The standard InChI is InChI=1S/C24H21NO5/c26-21(20-15-18-5-1-2-6-22(18)30-24(20)28)12-9-17-7-10-19(11-8-17)29-16-23(27)25-13-3-4-14-25/h1-2,5-12,15H,3-4,13-14,16H2/b12-9+. The van der Waals surface area contributed by atoms with Gasteiger partial charge in [0, 0.05) is 18.5 Å². The van der Waals surface area contributed by atoms with E-state index < -0.39 is 11.4 Å². The van der Waals surface area contributed by atoms with Crippen molar-refractivity contribution < 1.29 is 18.7 Å². The van der Waals surface area contributed by atoms with Crippen molar-refractivity contribution in [2.24, 2.45) is 0 Å². The van der Waals surface area contributed by atoms with Gasteiger partial charge in [0.25, 0.3) is 5.91 Å². The molecule has 1 aliphatic heterocycles. The fourth-order valence-corrected chi connectivity index (χ4v) is 3.37. The Morgan fingerprint density at radius 1 is 1.03 bits per heavy atom. The number of hydrogen-bond acceptors (Lipinski definition) is 5. The first-order chi connectivity index (χ1) is 14.6. The molecular weight excluding hydrogens is 382 g/mol. The average Bonchev–Trinajstić information content (AvgIpc) is 3.31. The molecule has 0 aliphatic carbocycles. The lowest BCUT2D eigenvalue weighted by atomic mass is 10.1. The quantitative estimate of drug-likeness (QED) is 0.356. The van der Waals surface area contributed by atoms with Gasteiger partial charge in [-0.1, -0.05) is 36.4 Å². The summed E-state index contributed by atoms with van der Waals surface area (Å²) >= 11 is 0. The summed E-state index contributed by atoms with van der Waals surface area (Å²) in [6.45, 7) is 1.62. The molecule has 0 unspecified atom stereocenters. The lowest BCUT2D eigenvalue weighted by Gasteiger charge is -2.15. The number of ether oxygens (including phenoxy) is 1. The van der Waals surface area contributed by atoms with Crippen molar-refractivity contribution in [2.45, 2.75) is 12.8 Å². The molecule has 0 radical (unpaired) electrons. The fraction of sp³-hybridized carbons (Fsp3) is 0.208. The van der Waals surface area contributed by atoms with Gasteiger partial charge in [-0.05, 0) is 48.7 Å². The summed E-state index contributed by atoms with van der Waals surface area (Å²) in [4.78, 5) is 38.4. The van der Waals surface area contributed by atoms with Gasteiger partial charge in [-0.2, -0.15) is 0 Å². The Kier molecular flexibility index (Phi) is 5.75. The van der Waals surface area contributed by atoms with E-state index in [1.54, 1.807) is 54.6 Å². The van der Waals surface area contributed by atoms with Gasteiger partial charge in [-0.15, -0.1) is 0 Å². The van der Waals surface area contributed by atoms with Crippen molar-refractivity contribution in [1.29, 1.82) is 0 Å². The number of allylic oxidation sites excluding steroid dienone is 1. The second-order valence-corrected chi connectivity index (χ2v) is 7.13. The molecule has 0 atom stereocenters. The van der Waals surface area contributed by atoms with Gasteiger partial charge in [0.15, 0.2) is 12.4 Å². The summed E-state index contributed by atoms with van der Waals surface area (Å²) in [5.41, 5.74) is 0.550. The number of fused-ring (bicyclic) bond motifs is 1. The Hall–Kier alpha value is -3.67.